The fourth-order valence-corrected chi connectivity index (χ4v) is 4.37. The summed E-state index contributed by atoms with van der Waals surface area (Å²) in [4.78, 5) is 14.5. The Labute approximate surface area is 158 Å². The van der Waals surface area contributed by atoms with Gasteiger partial charge in [0.2, 0.25) is 0 Å². The van der Waals surface area contributed by atoms with E-state index in [-0.39, 0.29) is 17.8 Å². The molecule has 2 unspecified atom stereocenters. The molecule has 2 N–H and O–H groups in total. The van der Waals surface area contributed by atoms with Crippen LogP contribution in [0.4, 0.5) is 11.4 Å². The number of anilines is 2. The summed E-state index contributed by atoms with van der Waals surface area (Å²) >= 11 is 0. The van der Waals surface area contributed by atoms with Gasteiger partial charge in [-0.1, -0.05) is 39.2 Å². The predicted molar refractivity (Wildman–Crippen MR) is 107 cm³/mol. The van der Waals surface area contributed by atoms with Gasteiger partial charge >= 0.3 is 5.97 Å². The van der Waals surface area contributed by atoms with Crippen molar-refractivity contribution in [2.75, 3.05) is 23.8 Å². The van der Waals surface area contributed by atoms with Gasteiger partial charge in [0, 0.05) is 12.6 Å². The molecule has 144 valence electrons. The van der Waals surface area contributed by atoms with Crippen LogP contribution in [-0.2, 0) is 9.53 Å². The van der Waals surface area contributed by atoms with E-state index in [1.54, 1.807) is 0 Å². The maximum absolute atomic E-state index is 11.9. The molecule has 2 fully saturated rings. The van der Waals surface area contributed by atoms with Gasteiger partial charge in [0.1, 0.15) is 0 Å². The van der Waals surface area contributed by atoms with Crippen LogP contribution >= 0.6 is 0 Å². The van der Waals surface area contributed by atoms with Crippen molar-refractivity contribution in [3.63, 3.8) is 0 Å². The molecule has 2 atom stereocenters. The van der Waals surface area contributed by atoms with Crippen molar-refractivity contribution in [1.82, 2.24) is 0 Å². The number of ether oxygens (including phenoxy) is 1. The van der Waals surface area contributed by atoms with Gasteiger partial charge in [0.25, 0.3) is 0 Å². The number of nitrogen functional groups attached to an aromatic ring is 1. The number of rotatable bonds is 7. The van der Waals surface area contributed by atoms with Gasteiger partial charge in [0.05, 0.1) is 23.9 Å². The number of carbonyl (C=O) groups excluding carboxylic acids is 1. The van der Waals surface area contributed by atoms with Crippen LogP contribution in [0.5, 0.6) is 0 Å². The highest BCUT2D eigenvalue weighted by Crippen LogP contribution is 2.49. The molecule has 0 radical (unpaired) electrons. The van der Waals surface area contributed by atoms with E-state index in [9.17, 15) is 4.79 Å². The maximum Gasteiger partial charge on any atom is 0.309 e. The number of esters is 1. The molecule has 0 bridgehead atoms. The van der Waals surface area contributed by atoms with Crippen molar-refractivity contribution >= 4 is 17.3 Å². The second kappa shape index (κ2) is 8.32. The largest absolute Gasteiger partial charge is 0.466 e. The third-order valence-electron chi connectivity index (χ3n) is 5.75. The molecule has 26 heavy (non-hydrogen) atoms. The summed E-state index contributed by atoms with van der Waals surface area (Å²) in [6.07, 6.45) is 7.41. The summed E-state index contributed by atoms with van der Waals surface area (Å²) in [6.45, 7) is 7.90. The van der Waals surface area contributed by atoms with Crippen LogP contribution in [0.1, 0.15) is 70.8 Å². The molecule has 1 aromatic carbocycles. The fourth-order valence-electron chi connectivity index (χ4n) is 4.37. The Hall–Kier alpha value is -1.71. The summed E-state index contributed by atoms with van der Waals surface area (Å²) in [7, 11) is 0. The molecule has 0 aliphatic heterocycles. The van der Waals surface area contributed by atoms with E-state index in [0.29, 0.717) is 18.6 Å². The van der Waals surface area contributed by atoms with E-state index in [4.69, 9.17) is 10.5 Å². The SMILES string of the molecule is CCOC(=O)C1CC1c1ccc(N(CC(C)C)C2CCCCC2)c(N)c1. The van der Waals surface area contributed by atoms with Gasteiger partial charge in [-0.2, -0.15) is 0 Å². The summed E-state index contributed by atoms with van der Waals surface area (Å²) in [5.41, 5.74) is 9.69. The first-order valence-electron chi connectivity index (χ1n) is 10.3. The minimum Gasteiger partial charge on any atom is -0.466 e. The van der Waals surface area contributed by atoms with Crippen molar-refractivity contribution in [2.45, 2.75) is 71.3 Å². The van der Waals surface area contributed by atoms with Gasteiger partial charge in [-0.3, -0.25) is 4.79 Å². The minimum atomic E-state index is -0.0659. The molecule has 0 amide bonds. The lowest BCUT2D eigenvalue weighted by Gasteiger charge is -2.38. The van der Waals surface area contributed by atoms with Gasteiger partial charge < -0.3 is 15.4 Å². The van der Waals surface area contributed by atoms with E-state index < -0.39 is 0 Å². The van der Waals surface area contributed by atoms with Crippen molar-refractivity contribution in [3.8, 4) is 0 Å². The number of benzene rings is 1. The van der Waals surface area contributed by atoms with Crippen molar-refractivity contribution in [2.24, 2.45) is 11.8 Å². The topological polar surface area (TPSA) is 55.6 Å². The maximum atomic E-state index is 11.9. The lowest BCUT2D eigenvalue weighted by molar-refractivity contribution is -0.144. The third kappa shape index (κ3) is 4.33. The molecule has 2 aliphatic carbocycles. The zero-order valence-electron chi connectivity index (χ0n) is 16.5. The highest BCUT2D eigenvalue weighted by Gasteiger charge is 2.45. The van der Waals surface area contributed by atoms with E-state index in [1.807, 2.05) is 6.92 Å². The molecule has 2 saturated carbocycles. The summed E-state index contributed by atoms with van der Waals surface area (Å²) in [5, 5.41) is 0. The van der Waals surface area contributed by atoms with Crippen LogP contribution in [0.3, 0.4) is 0 Å². The van der Waals surface area contributed by atoms with E-state index >= 15 is 0 Å². The van der Waals surface area contributed by atoms with Crippen LogP contribution in [0.2, 0.25) is 0 Å². The number of hydrogen-bond acceptors (Lipinski definition) is 4. The molecular weight excluding hydrogens is 324 g/mol. The Balaban J connectivity index is 1.75. The zero-order valence-corrected chi connectivity index (χ0v) is 16.5. The fraction of sp³-hybridized carbons (Fsp3) is 0.682. The number of hydrogen-bond donors (Lipinski definition) is 1. The average molecular weight is 359 g/mol. The monoisotopic (exact) mass is 358 g/mol. The van der Waals surface area contributed by atoms with Gasteiger partial charge in [-0.05, 0) is 55.7 Å². The molecule has 4 nitrogen and oxygen atoms in total. The van der Waals surface area contributed by atoms with E-state index in [0.717, 1.165) is 18.7 Å². The molecule has 3 rings (SSSR count). The van der Waals surface area contributed by atoms with Crippen LogP contribution in [0.15, 0.2) is 18.2 Å². The standard InChI is InChI=1S/C22H34N2O2/c1-4-26-22(25)19-13-18(19)16-10-11-21(20(23)12-16)24(14-15(2)3)17-8-6-5-7-9-17/h10-12,15,17-19H,4-9,13-14,23H2,1-3H3. The molecule has 1 aromatic rings. The first kappa shape index (κ1) is 19.1. The number of nitrogens with zero attached hydrogens (tertiary/aromatic N) is 1. The summed E-state index contributed by atoms with van der Waals surface area (Å²) < 4.78 is 5.15. The molecular formula is C22H34N2O2. The van der Waals surface area contributed by atoms with Crippen molar-refractivity contribution < 1.29 is 9.53 Å². The quantitative estimate of drug-likeness (QED) is 0.565. The van der Waals surface area contributed by atoms with Gasteiger partial charge in [-0.25, -0.2) is 0 Å². The minimum absolute atomic E-state index is 0.0188. The van der Waals surface area contributed by atoms with Crippen LogP contribution in [0.25, 0.3) is 0 Å². The first-order chi connectivity index (χ1) is 12.5. The van der Waals surface area contributed by atoms with Crippen LogP contribution in [0, 0.1) is 11.8 Å². The molecule has 4 heteroatoms. The predicted octanol–water partition coefficient (Wildman–Crippen LogP) is 4.73. The van der Waals surface area contributed by atoms with E-state index in [1.165, 1.54) is 43.4 Å². The van der Waals surface area contributed by atoms with Gasteiger partial charge in [0.15, 0.2) is 0 Å². The third-order valence-corrected chi connectivity index (χ3v) is 5.75. The normalized spacial score (nSPS) is 23.1. The Morgan fingerprint density at radius 2 is 2.00 bits per heavy atom. The lowest BCUT2D eigenvalue weighted by Crippen LogP contribution is -2.39. The van der Waals surface area contributed by atoms with Crippen molar-refractivity contribution in [3.05, 3.63) is 23.8 Å². The van der Waals surface area contributed by atoms with Crippen molar-refractivity contribution in [1.29, 1.82) is 0 Å². The van der Waals surface area contributed by atoms with E-state index in [2.05, 4.69) is 36.9 Å². The highest BCUT2D eigenvalue weighted by atomic mass is 16.5. The molecule has 0 spiro atoms. The van der Waals surface area contributed by atoms with Crippen LogP contribution < -0.4 is 10.6 Å². The Bertz CT molecular complexity index is 623. The molecule has 2 aliphatic rings. The number of carbonyl (C=O) groups is 1. The van der Waals surface area contributed by atoms with Gasteiger partial charge in [-0.15, -0.1) is 0 Å². The van der Waals surface area contributed by atoms with Crippen LogP contribution in [-0.4, -0.2) is 25.2 Å². The molecule has 0 saturated heterocycles. The Morgan fingerprint density at radius 1 is 1.27 bits per heavy atom. The number of nitrogens with two attached hydrogens (primary N) is 1. The smallest absolute Gasteiger partial charge is 0.309 e. The second-order valence-corrected chi connectivity index (χ2v) is 8.36. The second-order valence-electron chi connectivity index (χ2n) is 8.36. The molecule has 0 aromatic heterocycles. The summed E-state index contributed by atoms with van der Waals surface area (Å²) in [5.74, 6) is 0.834. The summed E-state index contributed by atoms with van der Waals surface area (Å²) in [6, 6.07) is 7.05. The highest BCUT2D eigenvalue weighted by molar-refractivity contribution is 5.78. The first-order valence-corrected chi connectivity index (χ1v) is 10.3. The zero-order chi connectivity index (χ0) is 18.7. The Kier molecular flexibility index (Phi) is 6.10. The molecule has 0 heterocycles. The average Bonchev–Trinajstić information content (AvgIpc) is 3.42. The Morgan fingerprint density at radius 3 is 2.62 bits per heavy atom. The lowest BCUT2D eigenvalue weighted by atomic mass is 9.92.